The molecular formula is C20H39N. The van der Waals surface area contributed by atoms with E-state index in [2.05, 4.69) is 39.6 Å². The molecule has 0 spiro atoms. The summed E-state index contributed by atoms with van der Waals surface area (Å²) in [6.07, 6.45) is 14.4. The lowest BCUT2D eigenvalue weighted by atomic mass is 9.63. The van der Waals surface area contributed by atoms with Crippen LogP contribution >= 0.6 is 0 Å². The van der Waals surface area contributed by atoms with Crippen LogP contribution in [0.25, 0.3) is 0 Å². The van der Waals surface area contributed by atoms with Gasteiger partial charge >= 0.3 is 0 Å². The van der Waals surface area contributed by atoms with Gasteiger partial charge in [0.05, 0.1) is 0 Å². The zero-order valence-corrected chi connectivity index (χ0v) is 15.4. The molecular weight excluding hydrogens is 254 g/mol. The van der Waals surface area contributed by atoms with Gasteiger partial charge in [0.1, 0.15) is 0 Å². The highest BCUT2D eigenvalue weighted by Gasteiger charge is 2.45. The highest BCUT2D eigenvalue weighted by Crippen LogP contribution is 2.47. The molecule has 0 radical (unpaired) electrons. The molecule has 1 atom stereocenters. The Morgan fingerprint density at radius 2 is 1.81 bits per heavy atom. The SMILES string of the molecule is CCCCC1(N(C)CCC(C)CCC2CC(C)(C)C2)CC1. The van der Waals surface area contributed by atoms with Gasteiger partial charge in [-0.2, -0.15) is 0 Å². The molecule has 1 heteroatoms. The molecule has 0 N–H and O–H groups in total. The third-order valence-electron chi connectivity index (χ3n) is 6.34. The number of rotatable bonds is 10. The van der Waals surface area contributed by atoms with Crippen molar-refractivity contribution < 1.29 is 0 Å². The monoisotopic (exact) mass is 293 g/mol. The van der Waals surface area contributed by atoms with Crippen molar-refractivity contribution >= 4 is 0 Å². The van der Waals surface area contributed by atoms with Gasteiger partial charge in [-0.1, -0.05) is 53.4 Å². The first kappa shape index (κ1) is 17.3. The molecule has 0 bridgehead atoms. The van der Waals surface area contributed by atoms with Crippen LogP contribution < -0.4 is 0 Å². The van der Waals surface area contributed by atoms with Crippen LogP contribution in [-0.2, 0) is 0 Å². The average Bonchev–Trinajstić information content (AvgIpc) is 3.18. The van der Waals surface area contributed by atoms with Crippen molar-refractivity contribution in [1.82, 2.24) is 4.90 Å². The summed E-state index contributed by atoms with van der Waals surface area (Å²) >= 11 is 0. The second kappa shape index (κ2) is 7.02. The van der Waals surface area contributed by atoms with Crippen LogP contribution in [-0.4, -0.2) is 24.0 Å². The lowest BCUT2D eigenvalue weighted by molar-refractivity contribution is 0.0834. The Kier molecular flexibility index (Phi) is 5.79. The first-order valence-electron chi connectivity index (χ1n) is 9.58. The average molecular weight is 294 g/mol. The van der Waals surface area contributed by atoms with E-state index >= 15 is 0 Å². The summed E-state index contributed by atoms with van der Waals surface area (Å²) in [5, 5.41) is 0. The van der Waals surface area contributed by atoms with Gasteiger partial charge in [-0.05, 0) is 69.4 Å². The van der Waals surface area contributed by atoms with Crippen molar-refractivity contribution in [1.29, 1.82) is 0 Å². The van der Waals surface area contributed by atoms with E-state index in [0.29, 0.717) is 11.0 Å². The summed E-state index contributed by atoms with van der Waals surface area (Å²) in [7, 11) is 2.38. The fraction of sp³-hybridized carbons (Fsp3) is 1.00. The van der Waals surface area contributed by atoms with Gasteiger partial charge in [0.15, 0.2) is 0 Å². The summed E-state index contributed by atoms with van der Waals surface area (Å²) in [5.74, 6) is 1.96. The van der Waals surface area contributed by atoms with Gasteiger partial charge in [-0.25, -0.2) is 0 Å². The summed E-state index contributed by atoms with van der Waals surface area (Å²) in [6.45, 7) is 11.0. The van der Waals surface area contributed by atoms with Crippen LogP contribution in [0.5, 0.6) is 0 Å². The zero-order valence-electron chi connectivity index (χ0n) is 15.4. The van der Waals surface area contributed by atoms with E-state index in [9.17, 15) is 0 Å². The molecule has 2 saturated carbocycles. The van der Waals surface area contributed by atoms with Gasteiger partial charge < -0.3 is 4.90 Å². The zero-order chi connectivity index (χ0) is 15.5. The number of unbranched alkanes of at least 4 members (excludes halogenated alkanes) is 1. The number of hydrogen-bond acceptors (Lipinski definition) is 1. The normalized spacial score (nSPS) is 24.9. The van der Waals surface area contributed by atoms with E-state index < -0.39 is 0 Å². The molecule has 2 aliphatic carbocycles. The topological polar surface area (TPSA) is 3.24 Å². The highest BCUT2D eigenvalue weighted by molar-refractivity contribution is 5.02. The molecule has 0 aromatic heterocycles. The van der Waals surface area contributed by atoms with Crippen LogP contribution in [0.15, 0.2) is 0 Å². The third-order valence-corrected chi connectivity index (χ3v) is 6.34. The van der Waals surface area contributed by atoms with Crippen LogP contribution in [0, 0.1) is 17.3 Å². The standard InChI is InChI=1S/C20H39N/c1-6-7-11-20(12-13-20)21(5)14-10-17(2)8-9-18-15-19(3,4)16-18/h17-18H,6-16H2,1-5H3. The maximum absolute atomic E-state index is 2.70. The Bertz CT molecular complexity index is 308. The predicted molar refractivity (Wildman–Crippen MR) is 93.6 cm³/mol. The summed E-state index contributed by atoms with van der Waals surface area (Å²) in [6, 6.07) is 0. The Hall–Kier alpha value is -0.0400. The smallest absolute Gasteiger partial charge is 0.0207 e. The van der Waals surface area contributed by atoms with Crippen LogP contribution in [0.1, 0.15) is 91.9 Å². The van der Waals surface area contributed by atoms with Gasteiger partial charge in [0.25, 0.3) is 0 Å². The van der Waals surface area contributed by atoms with E-state index in [1.807, 2.05) is 0 Å². The molecule has 1 unspecified atom stereocenters. The minimum Gasteiger partial charge on any atom is -0.301 e. The summed E-state index contributed by atoms with van der Waals surface area (Å²) < 4.78 is 0. The lowest BCUT2D eigenvalue weighted by Crippen LogP contribution is -2.35. The molecule has 0 amide bonds. The van der Waals surface area contributed by atoms with Crippen molar-refractivity contribution in [2.24, 2.45) is 17.3 Å². The van der Waals surface area contributed by atoms with Crippen LogP contribution in [0.3, 0.4) is 0 Å². The fourth-order valence-corrected chi connectivity index (χ4v) is 4.50. The van der Waals surface area contributed by atoms with E-state index in [4.69, 9.17) is 0 Å². The van der Waals surface area contributed by atoms with E-state index in [1.54, 1.807) is 0 Å². The number of nitrogens with zero attached hydrogens (tertiary/aromatic N) is 1. The third kappa shape index (κ3) is 4.98. The quantitative estimate of drug-likeness (QED) is 0.486. The van der Waals surface area contributed by atoms with Gasteiger partial charge in [0, 0.05) is 5.54 Å². The van der Waals surface area contributed by atoms with E-state index in [1.165, 1.54) is 70.8 Å². The fourth-order valence-electron chi connectivity index (χ4n) is 4.50. The Morgan fingerprint density at radius 1 is 1.14 bits per heavy atom. The van der Waals surface area contributed by atoms with Gasteiger partial charge in [-0.15, -0.1) is 0 Å². The Balaban J connectivity index is 1.57. The largest absolute Gasteiger partial charge is 0.301 e. The second-order valence-corrected chi connectivity index (χ2v) is 9.16. The predicted octanol–water partition coefficient (Wildman–Crippen LogP) is 5.88. The molecule has 0 aromatic rings. The molecule has 2 aliphatic rings. The maximum atomic E-state index is 2.70. The Morgan fingerprint density at radius 3 is 2.33 bits per heavy atom. The lowest BCUT2D eigenvalue weighted by Gasteiger charge is -2.43. The second-order valence-electron chi connectivity index (χ2n) is 9.16. The first-order valence-corrected chi connectivity index (χ1v) is 9.58. The maximum Gasteiger partial charge on any atom is 0.0207 e. The molecule has 0 saturated heterocycles. The molecule has 2 rings (SSSR count). The van der Waals surface area contributed by atoms with Crippen molar-refractivity contribution in [3.05, 3.63) is 0 Å². The number of hydrogen-bond donors (Lipinski definition) is 0. The summed E-state index contributed by atoms with van der Waals surface area (Å²) in [4.78, 5) is 2.70. The molecule has 124 valence electrons. The molecule has 21 heavy (non-hydrogen) atoms. The molecule has 0 aromatic carbocycles. The molecule has 1 nitrogen and oxygen atoms in total. The first-order chi connectivity index (χ1) is 9.87. The minimum atomic E-state index is 0.619. The Labute approximate surface area is 133 Å². The highest BCUT2D eigenvalue weighted by atomic mass is 15.2. The molecule has 0 aliphatic heterocycles. The van der Waals surface area contributed by atoms with Crippen LogP contribution in [0.4, 0.5) is 0 Å². The van der Waals surface area contributed by atoms with Crippen molar-refractivity contribution in [3.8, 4) is 0 Å². The van der Waals surface area contributed by atoms with Crippen molar-refractivity contribution in [3.63, 3.8) is 0 Å². The molecule has 0 heterocycles. The molecule has 2 fully saturated rings. The summed E-state index contributed by atoms with van der Waals surface area (Å²) in [5.41, 5.74) is 1.28. The van der Waals surface area contributed by atoms with Crippen molar-refractivity contribution in [2.75, 3.05) is 13.6 Å². The van der Waals surface area contributed by atoms with Gasteiger partial charge in [-0.3, -0.25) is 0 Å². The minimum absolute atomic E-state index is 0.619. The van der Waals surface area contributed by atoms with Crippen molar-refractivity contribution in [2.45, 2.75) is 97.4 Å². The van der Waals surface area contributed by atoms with E-state index in [0.717, 1.165) is 11.8 Å². The van der Waals surface area contributed by atoms with Crippen LogP contribution in [0.2, 0.25) is 0 Å². The van der Waals surface area contributed by atoms with E-state index in [-0.39, 0.29) is 0 Å². The van der Waals surface area contributed by atoms with Gasteiger partial charge in [0.2, 0.25) is 0 Å².